The Kier molecular flexibility index (Phi) is 4.95. The number of nitrogens with zero attached hydrogens (tertiary/aromatic N) is 1. The van der Waals surface area contributed by atoms with Crippen LogP contribution in [0.2, 0.25) is 0 Å². The van der Waals surface area contributed by atoms with Crippen molar-refractivity contribution in [3.05, 3.63) is 23.3 Å². The molecule has 1 atom stereocenters. The highest BCUT2D eigenvalue weighted by Crippen LogP contribution is 2.27. The van der Waals surface area contributed by atoms with Crippen LogP contribution in [-0.2, 0) is 10.0 Å². The van der Waals surface area contributed by atoms with Crippen LogP contribution in [0.4, 0.5) is 5.69 Å². The second-order valence-electron chi connectivity index (χ2n) is 4.86. The number of aryl methyl sites for hydroxylation is 2. The third kappa shape index (κ3) is 3.08. The van der Waals surface area contributed by atoms with Gasteiger partial charge in [0.05, 0.1) is 4.90 Å². The third-order valence-corrected chi connectivity index (χ3v) is 5.75. The van der Waals surface area contributed by atoms with Crippen LogP contribution in [0.5, 0.6) is 0 Å². The van der Waals surface area contributed by atoms with Gasteiger partial charge in [0.15, 0.2) is 0 Å². The van der Waals surface area contributed by atoms with Gasteiger partial charge in [0, 0.05) is 18.8 Å². The molecule has 0 bridgehead atoms. The van der Waals surface area contributed by atoms with Crippen molar-refractivity contribution in [2.24, 2.45) is 5.84 Å². The first kappa shape index (κ1) is 15.9. The van der Waals surface area contributed by atoms with Crippen molar-refractivity contribution < 1.29 is 8.42 Å². The zero-order valence-electron chi connectivity index (χ0n) is 12.2. The molecule has 0 saturated carbocycles. The van der Waals surface area contributed by atoms with Gasteiger partial charge < -0.3 is 5.43 Å². The van der Waals surface area contributed by atoms with Crippen molar-refractivity contribution in [1.29, 1.82) is 0 Å². The van der Waals surface area contributed by atoms with Gasteiger partial charge in [-0.1, -0.05) is 6.92 Å². The summed E-state index contributed by atoms with van der Waals surface area (Å²) < 4.78 is 26.7. The maximum absolute atomic E-state index is 12.6. The van der Waals surface area contributed by atoms with Gasteiger partial charge in [0.1, 0.15) is 0 Å². The Labute approximate surface area is 115 Å². The van der Waals surface area contributed by atoms with Crippen LogP contribution in [0.25, 0.3) is 0 Å². The van der Waals surface area contributed by atoms with Gasteiger partial charge >= 0.3 is 0 Å². The van der Waals surface area contributed by atoms with Crippen LogP contribution < -0.4 is 11.3 Å². The number of hydrogen-bond acceptors (Lipinski definition) is 4. The molecule has 5 nitrogen and oxygen atoms in total. The van der Waals surface area contributed by atoms with Gasteiger partial charge in [0.2, 0.25) is 10.0 Å². The molecule has 0 aliphatic carbocycles. The molecular formula is C13H23N3O2S. The lowest BCUT2D eigenvalue weighted by molar-refractivity contribution is 0.380. The average Bonchev–Trinajstić information content (AvgIpc) is 2.35. The predicted molar refractivity (Wildman–Crippen MR) is 78.4 cm³/mol. The number of hydrogen-bond donors (Lipinski definition) is 2. The minimum Gasteiger partial charge on any atom is -0.324 e. The van der Waals surface area contributed by atoms with Crippen molar-refractivity contribution in [3.63, 3.8) is 0 Å². The molecule has 108 valence electrons. The maximum atomic E-state index is 12.6. The third-order valence-electron chi connectivity index (χ3n) is 3.48. The van der Waals surface area contributed by atoms with Gasteiger partial charge in [0.25, 0.3) is 0 Å². The van der Waals surface area contributed by atoms with E-state index in [-0.39, 0.29) is 6.04 Å². The molecule has 0 aliphatic rings. The molecule has 0 aliphatic heterocycles. The SMILES string of the molecule is CCC(C)N(C)S(=O)(=O)c1c(C)cc(NN)cc1C. The van der Waals surface area contributed by atoms with Crippen LogP contribution in [-0.4, -0.2) is 25.8 Å². The van der Waals surface area contributed by atoms with Crippen LogP contribution >= 0.6 is 0 Å². The number of hydrazine groups is 1. The zero-order chi connectivity index (χ0) is 14.8. The van der Waals surface area contributed by atoms with Crippen molar-refractivity contribution in [2.75, 3.05) is 12.5 Å². The largest absolute Gasteiger partial charge is 0.324 e. The van der Waals surface area contributed by atoms with Gasteiger partial charge in [-0.2, -0.15) is 4.31 Å². The first-order valence-corrected chi connectivity index (χ1v) is 7.75. The maximum Gasteiger partial charge on any atom is 0.243 e. The van der Waals surface area contributed by atoms with Crippen LogP contribution in [0.15, 0.2) is 17.0 Å². The molecule has 0 aromatic heterocycles. The van der Waals surface area contributed by atoms with E-state index >= 15 is 0 Å². The smallest absolute Gasteiger partial charge is 0.243 e. The average molecular weight is 285 g/mol. The Morgan fingerprint density at radius 1 is 1.32 bits per heavy atom. The first-order valence-electron chi connectivity index (χ1n) is 6.31. The number of nitrogens with one attached hydrogen (secondary N) is 1. The summed E-state index contributed by atoms with van der Waals surface area (Å²) in [7, 11) is -1.85. The number of rotatable bonds is 5. The summed E-state index contributed by atoms with van der Waals surface area (Å²) in [5.41, 5.74) is 4.65. The van der Waals surface area contributed by atoms with Gasteiger partial charge in [-0.05, 0) is 50.5 Å². The van der Waals surface area contributed by atoms with Gasteiger partial charge in [-0.15, -0.1) is 0 Å². The van der Waals surface area contributed by atoms with E-state index in [1.807, 2.05) is 13.8 Å². The quantitative estimate of drug-likeness (QED) is 0.641. The highest BCUT2D eigenvalue weighted by Gasteiger charge is 2.27. The monoisotopic (exact) mass is 285 g/mol. The van der Waals surface area contributed by atoms with Crippen molar-refractivity contribution >= 4 is 15.7 Å². The number of anilines is 1. The second kappa shape index (κ2) is 5.90. The fourth-order valence-electron chi connectivity index (χ4n) is 2.08. The summed E-state index contributed by atoms with van der Waals surface area (Å²) >= 11 is 0. The molecule has 1 aromatic rings. The second-order valence-corrected chi connectivity index (χ2v) is 6.80. The lowest BCUT2D eigenvalue weighted by Crippen LogP contribution is -2.35. The van der Waals surface area contributed by atoms with E-state index in [9.17, 15) is 8.42 Å². The van der Waals surface area contributed by atoms with Crippen LogP contribution in [0.1, 0.15) is 31.4 Å². The Hall–Kier alpha value is -1.11. The first-order chi connectivity index (χ1) is 8.75. The number of nitrogen functional groups attached to an aromatic ring is 1. The zero-order valence-corrected chi connectivity index (χ0v) is 13.0. The molecule has 0 amide bonds. The van der Waals surface area contributed by atoms with E-state index in [2.05, 4.69) is 5.43 Å². The molecule has 3 N–H and O–H groups in total. The summed E-state index contributed by atoms with van der Waals surface area (Å²) in [5.74, 6) is 5.37. The molecule has 0 fully saturated rings. The standard InChI is InChI=1S/C13H23N3O2S/c1-6-11(4)16(5)19(17,18)13-9(2)7-12(15-14)8-10(13)3/h7-8,11,15H,6,14H2,1-5H3. The summed E-state index contributed by atoms with van der Waals surface area (Å²) in [4.78, 5) is 0.370. The number of sulfonamides is 1. The van der Waals surface area contributed by atoms with E-state index in [1.54, 1.807) is 33.0 Å². The van der Waals surface area contributed by atoms with Crippen LogP contribution in [0.3, 0.4) is 0 Å². The van der Waals surface area contributed by atoms with Crippen molar-refractivity contribution in [3.8, 4) is 0 Å². The highest BCUT2D eigenvalue weighted by molar-refractivity contribution is 7.89. The van der Waals surface area contributed by atoms with E-state index in [1.165, 1.54) is 4.31 Å². The Morgan fingerprint density at radius 3 is 2.16 bits per heavy atom. The summed E-state index contributed by atoms with van der Waals surface area (Å²) in [6.07, 6.45) is 0.774. The van der Waals surface area contributed by atoms with Gasteiger partial charge in [-0.3, -0.25) is 5.84 Å². The number of nitrogens with two attached hydrogens (primary N) is 1. The number of benzene rings is 1. The fourth-order valence-corrected chi connectivity index (χ4v) is 3.92. The fraction of sp³-hybridized carbons (Fsp3) is 0.538. The predicted octanol–water partition coefficient (Wildman–Crippen LogP) is 2.01. The van der Waals surface area contributed by atoms with E-state index in [0.29, 0.717) is 21.7 Å². The molecule has 1 unspecified atom stereocenters. The van der Waals surface area contributed by atoms with Crippen LogP contribution in [0, 0.1) is 13.8 Å². The molecule has 6 heteroatoms. The normalized spacial score (nSPS) is 13.6. The Bertz CT molecular complexity index is 532. The molecule has 0 saturated heterocycles. The van der Waals surface area contributed by atoms with E-state index < -0.39 is 10.0 Å². The van der Waals surface area contributed by atoms with E-state index in [4.69, 9.17) is 5.84 Å². The molecule has 19 heavy (non-hydrogen) atoms. The minimum absolute atomic E-state index is 0.0314. The Balaban J connectivity index is 3.37. The summed E-state index contributed by atoms with van der Waals surface area (Å²) in [5, 5.41) is 0. The molecule has 0 heterocycles. The molecule has 0 spiro atoms. The summed E-state index contributed by atoms with van der Waals surface area (Å²) in [6, 6.07) is 3.45. The topological polar surface area (TPSA) is 75.4 Å². The van der Waals surface area contributed by atoms with Crippen molar-refractivity contribution in [2.45, 2.75) is 45.1 Å². The highest BCUT2D eigenvalue weighted by atomic mass is 32.2. The summed E-state index contributed by atoms with van der Waals surface area (Å²) in [6.45, 7) is 7.44. The minimum atomic E-state index is -3.47. The van der Waals surface area contributed by atoms with Crippen molar-refractivity contribution in [1.82, 2.24) is 4.31 Å². The van der Waals surface area contributed by atoms with Gasteiger partial charge in [-0.25, -0.2) is 8.42 Å². The lowest BCUT2D eigenvalue weighted by Gasteiger charge is -2.25. The molecule has 1 aromatic carbocycles. The Morgan fingerprint density at radius 2 is 1.79 bits per heavy atom. The molecular weight excluding hydrogens is 262 g/mol. The lowest BCUT2D eigenvalue weighted by atomic mass is 10.1. The van der Waals surface area contributed by atoms with E-state index in [0.717, 1.165) is 6.42 Å². The molecule has 0 radical (unpaired) electrons. The molecule has 1 rings (SSSR count).